The van der Waals surface area contributed by atoms with Crippen molar-refractivity contribution in [2.75, 3.05) is 0 Å². The second-order valence-corrected chi connectivity index (χ2v) is 3.47. The molecule has 0 aliphatic rings. The van der Waals surface area contributed by atoms with Gasteiger partial charge >= 0.3 is 6.18 Å². The first-order valence-electron chi connectivity index (χ1n) is 5.05. The van der Waals surface area contributed by atoms with Crippen LogP contribution in [0.15, 0.2) is 36.7 Å². The van der Waals surface area contributed by atoms with Crippen molar-refractivity contribution in [3.8, 4) is 0 Å². The first-order valence-corrected chi connectivity index (χ1v) is 5.05. The molecule has 1 aromatic heterocycles. The summed E-state index contributed by atoms with van der Waals surface area (Å²) in [5.41, 5.74) is 0.145. The summed E-state index contributed by atoms with van der Waals surface area (Å²) in [6.45, 7) is 0. The van der Waals surface area contributed by atoms with E-state index in [0.29, 0.717) is 5.39 Å². The Balaban J connectivity index is 0.000000246. The zero-order valence-corrected chi connectivity index (χ0v) is 9.68. The number of alkyl halides is 3. The van der Waals surface area contributed by atoms with Gasteiger partial charge < -0.3 is 9.90 Å². The number of rotatable bonds is 1. The molecule has 0 spiro atoms. The molecule has 0 saturated heterocycles. The molecule has 0 amide bonds. The van der Waals surface area contributed by atoms with E-state index in [1.54, 1.807) is 24.5 Å². The second kappa shape index (κ2) is 5.95. The van der Waals surface area contributed by atoms with Gasteiger partial charge in [0, 0.05) is 12.1 Å². The minimum Gasteiger partial charge on any atom is -0.542 e. The van der Waals surface area contributed by atoms with Crippen molar-refractivity contribution >= 4 is 22.4 Å². The van der Waals surface area contributed by atoms with Gasteiger partial charge in [-0.25, -0.2) is 4.98 Å². The van der Waals surface area contributed by atoms with Gasteiger partial charge in [-0.2, -0.15) is 13.2 Å². The predicted octanol–water partition coefficient (Wildman–Crippen LogP) is 0.861. The molecule has 0 fully saturated rings. The molecular formula is C11H7F3N2O4. The van der Waals surface area contributed by atoms with Gasteiger partial charge in [0.25, 0.3) is 5.69 Å². The number of non-ortho nitro benzene ring substituents is 1. The van der Waals surface area contributed by atoms with Gasteiger partial charge in [-0.15, -0.1) is 0 Å². The number of H-pyrrole nitrogens is 1. The highest BCUT2D eigenvalue weighted by Gasteiger charge is 2.28. The van der Waals surface area contributed by atoms with Crippen LogP contribution in [0.1, 0.15) is 0 Å². The molecule has 1 aromatic carbocycles. The van der Waals surface area contributed by atoms with Crippen molar-refractivity contribution in [2.24, 2.45) is 0 Å². The summed E-state index contributed by atoms with van der Waals surface area (Å²) in [7, 11) is 0. The second-order valence-electron chi connectivity index (χ2n) is 3.47. The zero-order valence-electron chi connectivity index (χ0n) is 9.68. The van der Waals surface area contributed by atoms with Crippen molar-refractivity contribution in [3.05, 3.63) is 46.8 Å². The van der Waals surface area contributed by atoms with Gasteiger partial charge in [-0.3, -0.25) is 10.1 Å². The minimum atomic E-state index is -5.19. The quantitative estimate of drug-likeness (QED) is 0.574. The molecular weight excluding hydrogens is 281 g/mol. The zero-order chi connectivity index (χ0) is 15.3. The van der Waals surface area contributed by atoms with Gasteiger partial charge in [0.05, 0.1) is 15.7 Å². The van der Waals surface area contributed by atoms with Gasteiger partial charge in [0.1, 0.15) is 5.97 Å². The topological polar surface area (TPSA) is 97.4 Å². The van der Waals surface area contributed by atoms with E-state index in [1.165, 1.54) is 6.07 Å². The van der Waals surface area contributed by atoms with Crippen LogP contribution < -0.4 is 10.1 Å². The first-order chi connectivity index (χ1) is 9.23. The normalized spacial score (nSPS) is 10.6. The number of nitrogens with one attached hydrogen (secondary N) is 1. The maximum Gasteiger partial charge on any atom is 0.430 e. The summed E-state index contributed by atoms with van der Waals surface area (Å²) >= 11 is 0. The Morgan fingerprint density at radius 3 is 2.35 bits per heavy atom. The third-order valence-electron chi connectivity index (χ3n) is 2.13. The molecule has 1 N–H and O–H groups in total. The van der Waals surface area contributed by atoms with Gasteiger partial charge in [-0.05, 0) is 6.07 Å². The van der Waals surface area contributed by atoms with Crippen molar-refractivity contribution in [3.63, 3.8) is 0 Å². The third-order valence-corrected chi connectivity index (χ3v) is 2.13. The van der Waals surface area contributed by atoms with E-state index in [2.05, 4.69) is 4.98 Å². The standard InChI is InChI=1S/C9H6N2O2.C2HF3O2/c12-11(13)9-3-1-2-7-6-10-5-4-8(7)9;3-2(4,5)1(6)7/h1-6H;(H,6,7). The predicted molar refractivity (Wildman–Crippen MR) is 58.2 cm³/mol. The molecule has 0 aliphatic heterocycles. The minimum absolute atomic E-state index is 0.145. The number of nitro benzene ring substituents is 1. The maximum atomic E-state index is 10.6. The Hall–Kier alpha value is -2.71. The van der Waals surface area contributed by atoms with Crippen LogP contribution in [-0.4, -0.2) is 17.1 Å². The molecule has 0 atom stereocenters. The summed E-state index contributed by atoms with van der Waals surface area (Å²) in [6.07, 6.45) is -1.78. The Morgan fingerprint density at radius 2 is 1.85 bits per heavy atom. The molecule has 0 aliphatic carbocycles. The van der Waals surface area contributed by atoms with Gasteiger partial charge in [-0.1, -0.05) is 6.07 Å². The number of hydrogen-bond acceptors (Lipinski definition) is 4. The number of nitro groups is 1. The van der Waals surface area contributed by atoms with E-state index >= 15 is 0 Å². The molecule has 6 nitrogen and oxygen atoms in total. The molecule has 2 rings (SSSR count). The van der Waals surface area contributed by atoms with Crippen LogP contribution in [0.2, 0.25) is 0 Å². The number of aromatic nitrogens is 1. The number of hydrogen-bond donors (Lipinski definition) is 0. The van der Waals surface area contributed by atoms with Crippen LogP contribution in [0.25, 0.3) is 10.8 Å². The number of carboxylic acids is 1. The van der Waals surface area contributed by atoms with Crippen molar-refractivity contribution < 1.29 is 33.0 Å². The lowest BCUT2D eigenvalue weighted by atomic mass is 10.1. The van der Waals surface area contributed by atoms with Crippen molar-refractivity contribution in [1.82, 2.24) is 0 Å². The van der Waals surface area contributed by atoms with E-state index < -0.39 is 12.1 Å². The van der Waals surface area contributed by atoms with Crippen LogP contribution in [-0.2, 0) is 4.79 Å². The van der Waals surface area contributed by atoms with Crippen LogP contribution in [0.4, 0.5) is 18.9 Å². The third kappa shape index (κ3) is 3.90. The molecule has 106 valence electrons. The van der Waals surface area contributed by atoms with Crippen LogP contribution in [0, 0.1) is 10.1 Å². The number of halogens is 3. The van der Waals surface area contributed by atoms with Crippen molar-refractivity contribution in [1.29, 1.82) is 0 Å². The number of nitrogens with zero attached hydrogens (tertiary/aromatic N) is 1. The highest BCUT2D eigenvalue weighted by Crippen LogP contribution is 2.22. The van der Waals surface area contributed by atoms with E-state index in [-0.39, 0.29) is 10.6 Å². The number of aromatic amines is 1. The largest absolute Gasteiger partial charge is 0.542 e. The number of carboxylic acid groups (broad SMARTS) is 1. The molecule has 0 saturated carbocycles. The van der Waals surface area contributed by atoms with Crippen LogP contribution >= 0.6 is 0 Å². The van der Waals surface area contributed by atoms with Crippen LogP contribution in [0.5, 0.6) is 0 Å². The highest BCUT2D eigenvalue weighted by atomic mass is 19.4. The number of aliphatic carboxylic acids is 1. The first kappa shape index (κ1) is 15.3. The molecule has 0 unspecified atom stereocenters. The fourth-order valence-corrected chi connectivity index (χ4v) is 1.31. The molecule has 1 heterocycles. The summed E-state index contributed by atoms with van der Waals surface area (Å²) in [6, 6.07) is 6.71. The average Bonchev–Trinajstić information content (AvgIpc) is 2.37. The molecule has 2 aromatic rings. The lowest BCUT2D eigenvalue weighted by Crippen LogP contribution is -2.37. The number of carbonyl (C=O) groups excluding carboxylic acids is 1. The summed E-state index contributed by atoms with van der Waals surface area (Å²) < 4.78 is 31.5. The molecule has 0 bridgehead atoms. The number of fused-ring (bicyclic) bond motifs is 1. The van der Waals surface area contributed by atoms with Gasteiger partial charge in [0.2, 0.25) is 0 Å². The summed E-state index contributed by atoms with van der Waals surface area (Å²) in [5, 5.41) is 20.9. The number of benzene rings is 1. The van der Waals surface area contributed by atoms with E-state index in [1.807, 2.05) is 6.07 Å². The highest BCUT2D eigenvalue weighted by molar-refractivity contribution is 5.89. The Labute approximate surface area is 109 Å². The Kier molecular flexibility index (Phi) is 4.57. The lowest BCUT2D eigenvalue weighted by molar-refractivity contribution is -0.384. The lowest BCUT2D eigenvalue weighted by Gasteiger charge is -2.03. The van der Waals surface area contributed by atoms with Crippen molar-refractivity contribution in [2.45, 2.75) is 6.18 Å². The number of carbonyl (C=O) groups is 1. The van der Waals surface area contributed by atoms with Gasteiger partial charge in [0.15, 0.2) is 12.4 Å². The van der Waals surface area contributed by atoms with Crippen LogP contribution in [0.3, 0.4) is 0 Å². The smallest absolute Gasteiger partial charge is 0.430 e. The van der Waals surface area contributed by atoms with E-state index in [4.69, 9.17) is 9.90 Å². The van der Waals surface area contributed by atoms with E-state index in [9.17, 15) is 23.3 Å². The molecule has 0 radical (unpaired) electrons. The molecule has 20 heavy (non-hydrogen) atoms. The summed E-state index contributed by atoms with van der Waals surface area (Å²) in [4.78, 5) is 21.9. The number of pyridine rings is 1. The van der Waals surface area contributed by atoms with E-state index in [0.717, 1.165) is 5.39 Å². The monoisotopic (exact) mass is 288 g/mol. The summed E-state index contributed by atoms with van der Waals surface area (Å²) in [5.74, 6) is -3.01. The molecule has 9 heteroatoms. The fraction of sp³-hybridized carbons (Fsp3) is 0.0909. The average molecular weight is 288 g/mol. The maximum absolute atomic E-state index is 10.6. The SMILES string of the molecule is O=C([O-])C(F)(F)F.O=[N+]([O-])c1cccc2c[nH+]ccc12. The Bertz CT molecular complexity index is 638. The Morgan fingerprint density at radius 1 is 1.25 bits per heavy atom. The fourth-order valence-electron chi connectivity index (χ4n) is 1.31.